The molecule has 2 aliphatic rings. The molecule has 0 bridgehead atoms. The Morgan fingerprint density at radius 3 is 2.07 bits per heavy atom. The molecule has 0 radical (unpaired) electrons. The fourth-order valence-corrected chi connectivity index (χ4v) is 5.61. The maximum Gasteiger partial charge on any atom is 0.415 e. The molecule has 2 aliphatic heterocycles. The third-order valence-corrected chi connectivity index (χ3v) is 8.09. The van der Waals surface area contributed by atoms with E-state index in [-0.39, 0.29) is 18.1 Å². The van der Waals surface area contributed by atoms with Crippen molar-refractivity contribution < 1.29 is 27.9 Å². The van der Waals surface area contributed by atoms with E-state index in [2.05, 4.69) is 46.7 Å². The van der Waals surface area contributed by atoms with Gasteiger partial charge < -0.3 is 29.9 Å². The van der Waals surface area contributed by atoms with Crippen molar-refractivity contribution in [2.45, 2.75) is 65.8 Å². The Morgan fingerprint density at radius 1 is 0.976 bits per heavy atom. The number of nitrogens with one attached hydrogen (secondary N) is 1. The first-order chi connectivity index (χ1) is 19.8. The minimum atomic E-state index is -4.12. The van der Waals surface area contributed by atoms with Crippen molar-refractivity contribution in [3.8, 4) is 5.75 Å². The molecule has 1 aromatic rings. The van der Waals surface area contributed by atoms with E-state index >= 15 is 0 Å². The largest absolute Gasteiger partial charge is 0.480 e. The quantitative estimate of drug-likeness (QED) is 0.346. The average Bonchev–Trinajstić information content (AvgIpc) is 3.22. The van der Waals surface area contributed by atoms with Crippen molar-refractivity contribution in [1.29, 1.82) is 0 Å². The molecule has 12 nitrogen and oxygen atoms in total. The minimum absolute atomic E-state index is 0.0470. The molecule has 1 atom stereocenters. The van der Waals surface area contributed by atoms with Gasteiger partial charge in [-0.25, -0.2) is 9.59 Å². The molecule has 1 saturated heterocycles. The first-order valence-corrected chi connectivity index (χ1v) is 16.2. The lowest BCUT2D eigenvalue weighted by atomic mass is 10.1. The van der Waals surface area contributed by atoms with Crippen molar-refractivity contribution >= 4 is 33.9 Å². The van der Waals surface area contributed by atoms with E-state index < -0.39 is 28.3 Å². The van der Waals surface area contributed by atoms with Crippen molar-refractivity contribution in [3.63, 3.8) is 0 Å². The van der Waals surface area contributed by atoms with Gasteiger partial charge in [0, 0.05) is 45.7 Å². The number of benzene rings is 1. The highest BCUT2D eigenvalue weighted by Crippen LogP contribution is 2.18. The van der Waals surface area contributed by atoms with Crippen LogP contribution in [0.2, 0.25) is 0 Å². The summed E-state index contributed by atoms with van der Waals surface area (Å²) < 4.78 is 38.1. The summed E-state index contributed by atoms with van der Waals surface area (Å²) in [5.74, 6) is 0.330. The van der Waals surface area contributed by atoms with Gasteiger partial charge in [-0.15, -0.1) is 8.80 Å². The van der Waals surface area contributed by atoms with Crippen LogP contribution in [0.4, 0.5) is 4.79 Å². The third-order valence-electron chi connectivity index (χ3n) is 7.28. The molecule has 2 heterocycles. The van der Waals surface area contributed by atoms with Crippen LogP contribution in [0.3, 0.4) is 0 Å². The zero-order valence-corrected chi connectivity index (χ0v) is 26.3. The van der Waals surface area contributed by atoms with Gasteiger partial charge in [-0.2, -0.15) is 8.42 Å². The predicted octanol–water partition coefficient (Wildman–Crippen LogP) is 3.25. The van der Waals surface area contributed by atoms with Crippen LogP contribution in [0.25, 0.3) is 0 Å². The topological polar surface area (TPSA) is 144 Å². The lowest BCUT2D eigenvalue weighted by Crippen LogP contribution is -2.49. The summed E-state index contributed by atoms with van der Waals surface area (Å²) in [7, 11) is -2.12. The number of piperazine rings is 1. The van der Waals surface area contributed by atoms with Crippen molar-refractivity contribution in [3.05, 3.63) is 29.8 Å². The van der Waals surface area contributed by atoms with E-state index in [0.29, 0.717) is 49.3 Å². The van der Waals surface area contributed by atoms with Crippen molar-refractivity contribution in [2.24, 2.45) is 20.6 Å². The van der Waals surface area contributed by atoms with Crippen LogP contribution in [-0.4, -0.2) is 104 Å². The van der Waals surface area contributed by atoms with Gasteiger partial charge in [0.15, 0.2) is 11.7 Å². The number of nitrogens with zero attached hydrogens (tertiary/aromatic N) is 5. The smallest absolute Gasteiger partial charge is 0.415 e. The van der Waals surface area contributed by atoms with Crippen LogP contribution < -0.4 is 10.1 Å². The molecular formula is C29H46N6O6S. The summed E-state index contributed by atoms with van der Waals surface area (Å²) in [6, 6.07) is 5.47. The molecule has 1 fully saturated rings. The number of aliphatic carboxylic acids is 1. The Balaban J connectivity index is 1.68. The number of hydrogen-bond donors (Lipinski definition) is 2. The molecule has 3 rings (SSSR count). The molecular weight excluding hydrogens is 560 g/mol. The van der Waals surface area contributed by atoms with E-state index in [9.17, 15) is 23.1 Å². The van der Waals surface area contributed by atoms with E-state index in [1.54, 1.807) is 29.2 Å². The van der Waals surface area contributed by atoms with E-state index in [1.165, 1.54) is 0 Å². The van der Waals surface area contributed by atoms with E-state index in [1.807, 2.05) is 11.9 Å². The van der Waals surface area contributed by atoms with Gasteiger partial charge in [-0.05, 0) is 62.3 Å². The number of carboxylic acids is 1. The molecule has 1 aromatic carbocycles. The zero-order chi connectivity index (χ0) is 30.9. The molecule has 0 spiro atoms. The zero-order valence-electron chi connectivity index (χ0n) is 25.5. The van der Waals surface area contributed by atoms with Crippen LogP contribution >= 0.6 is 0 Å². The number of amides is 1. The maximum atomic E-state index is 12.5. The normalized spacial score (nSPS) is 17.6. The average molecular weight is 607 g/mol. The number of hydrogen-bond acceptors (Lipinski definition) is 8. The lowest BCUT2D eigenvalue weighted by Gasteiger charge is -2.31. The summed E-state index contributed by atoms with van der Waals surface area (Å²) in [4.78, 5) is 30.4. The number of likely N-dealkylation sites (N-methyl/N-ethyl adjacent to an activating group) is 1. The van der Waals surface area contributed by atoms with Crippen LogP contribution in [-0.2, 0) is 21.4 Å². The van der Waals surface area contributed by atoms with Gasteiger partial charge in [0.1, 0.15) is 11.8 Å². The fourth-order valence-electron chi connectivity index (χ4n) is 4.78. The van der Waals surface area contributed by atoms with Crippen LogP contribution in [0.5, 0.6) is 5.75 Å². The maximum absolute atomic E-state index is 12.5. The van der Waals surface area contributed by atoms with Crippen molar-refractivity contribution in [2.75, 3.05) is 46.3 Å². The molecule has 0 aromatic heterocycles. The third kappa shape index (κ3) is 10.6. The minimum Gasteiger partial charge on any atom is -0.480 e. The number of amidine groups is 2. The Bertz CT molecular complexity index is 1210. The summed E-state index contributed by atoms with van der Waals surface area (Å²) >= 11 is 0. The fraction of sp³-hybridized carbons (Fsp3) is 0.655. The molecule has 0 unspecified atom stereocenters. The molecule has 1 amide bonds. The molecule has 13 heteroatoms. The molecule has 42 heavy (non-hydrogen) atoms. The summed E-state index contributed by atoms with van der Waals surface area (Å²) in [6.45, 7) is 12.5. The molecule has 2 N–H and O–H groups in total. The Labute approximate surface area is 250 Å². The van der Waals surface area contributed by atoms with Crippen molar-refractivity contribution in [1.82, 2.24) is 20.0 Å². The van der Waals surface area contributed by atoms with Gasteiger partial charge in [0.2, 0.25) is 0 Å². The highest BCUT2D eigenvalue weighted by atomic mass is 32.2. The Hall–Kier alpha value is -3.19. The highest BCUT2D eigenvalue weighted by molar-refractivity contribution is 7.89. The second-order valence-corrected chi connectivity index (χ2v) is 13.2. The molecule has 0 saturated carbocycles. The number of carboxylic acid groups (broad SMARTS) is 1. The highest BCUT2D eigenvalue weighted by Gasteiger charge is 2.32. The number of ether oxygens (including phenoxy) is 1. The van der Waals surface area contributed by atoms with E-state index in [0.717, 1.165) is 38.8 Å². The van der Waals surface area contributed by atoms with Gasteiger partial charge >= 0.3 is 22.3 Å². The SMILES string of the molecule is CC(C)CCCN(CCCC(C)C)C1=NS(=O)(=O)N=C1N[C@@H](Cc1ccc(OC(=O)N2CCN(C)CC2)cc1)C(=O)O. The molecule has 0 aliphatic carbocycles. The standard InChI is InChI=1S/C29H46N6O6S/c1-21(2)8-6-14-34(15-7-9-22(3)4)27-26(31-42(39,40)32-27)30-25(28(36)37)20-23-10-12-24(13-11-23)41-29(38)35-18-16-33(5)17-19-35/h10-13,21-22,25H,6-9,14-20H2,1-5H3,(H,30,31)(H,36,37)/t25-/m0/s1. The second-order valence-electron chi connectivity index (χ2n) is 11.9. The summed E-state index contributed by atoms with van der Waals surface area (Å²) in [5.41, 5.74) is 0.667. The van der Waals surface area contributed by atoms with Crippen LogP contribution in [0.15, 0.2) is 33.1 Å². The van der Waals surface area contributed by atoms with Crippen LogP contribution in [0.1, 0.15) is 58.9 Å². The second kappa shape index (κ2) is 15.3. The predicted molar refractivity (Wildman–Crippen MR) is 163 cm³/mol. The monoisotopic (exact) mass is 606 g/mol. The van der Waals surface area contributed by atoms with Gasteiger partial charge in [-0.3, -0.25) is 0 Å². The number of carbonyl (C=O) groups is 2. The van der Waals surface area contributed by atoms with Gasteiger partial charge in [0.05, 0.1) is 0 Å². The van der Waals surface area contributed by atoms with Gasteiger partial charge in [-0.1, -0.05) is 39.8 Å². The van der Waals surface area contributed by atoms with E-state index in [4.69, 9.17) is 4.74 Å². The Morgan fingerprint density at radius 2 is 1.55 bits per heavy atom. The number of rotatable bonds is 13. The summed E-state index contributed by atoms with van der Waals surface area (Å²) in [6.07, 6.45) is 3.27. The number of carbonyl (C=O) groups excluding carboxylic acids is 1. The first-order valence-electron chi connectivity index (χ1n) is 14.8. The summed E-state index contributed by atoms with van der Waals surface area (Å²) in [5, 5.41) is 12.8. The molecule has 234 valence electrons. The van der Waals surface area contributed by atoms with Gasteiger partial charge in [0.25, 0.3) is 0 Å². The lowest BCUT2D eigenvalue weighted by molar-refractivity contribution is -0.139. The van der Waals surface area contributed by atoms with Crippen LogP contribution in [0, 0.1) is 11.8 Å². The first kappa shape index (κ1) is 33.3. The Kier molecular flexibility index (Phi) is 12.2.